The lowest BCUT2D eigenvalue weighted by atomic mass is 10.1. The summed E-state index contributed by atoms with van der Waals surface area (Å²) in [6.07, 6.45) is 0. The van der Waals surface area contributed by atoms with E-state index in [2.05, 4.69) is 20.5 Å². The molecule has 0 spiro atoms. The van der Waals surface area contributed by atoms with E-state index >= 15 is 0 Å². The van der Waals surface area contributed by atoms with Gasteiger partial charge in [0, 0.05) is 25.3 Å². The number of aromatic nitrogens is 3. The number of pyridine rings is 1. The van der Waals surface area contributed by atoms with Gasteiger partial charge < -0.3 is 14.4 Å². The zero-order chi connectivity index (χ0) is 18.1. The van der Waals surface area contributed by atoms with Crippen LogP contribution in [0.1, 0.15) is 16.8 Å². The van der Waals surface area contributed by atoms with Gasteiger partial charge >= 0.3 is 6.01 Å². The fraction of sp³-hybridized carbons (Fsp3) is 0.278. The van der Waals surface area contributed by atoms with E-state index in [-0.39, 0.29) is 11.8 Å². The Kier molecular flexibility index (Phi) is 4.31. The quantitative estimate of drug-likeness (QED) is 0.751. The molecule has 2 N–H and O–H groups in total. The van der Waals surface area contributed by atoms with Crippen molar-refractivity contribution in [1.29, 1.82) is 0 Å². The standard InChI is InChI=1S/C18H21N5O2/c1-10-11(2)16(19-12(3)15(10)24)20-18-22-21-17(25-18)13-6-8-14(9-7-13)23(4)5/h6-9,24H,1-5H3,(H,19,20,22). The second-order valence-electron chi connectivity index (χ2n) is 6.12. The monoisotopic (exact) mass is 339 g/mol. The maximum atomic E-state index is 9.95. The van der Waals surface area contributed by atoms with E-state index in [0.29, 0.717) is 17.4 Å². The van der Waals surface area contributed by atoms with Gasteiger partial charge in [-0.25, -0.2) is 4.98 Å². The summed E-state index contributed by atoms with van der Waals surface area (Å²) >= 11 is 0. The van der Waals surface area contributed by atoms with Gasteiger partial charge in [-0.2, -0.15) is 0 Å². The summed E-state index contributed by atoms with van der Waals surface area (Å²) in [5, 5.41) is 21.1. The minimum absolute atomic E-state index is 0.204. The molecule has 130 valence electrons. The van der Waals surface area contributed by atoms with Crippen molar-refractivity contribution < 1.29 is 9.52 Å². The summed E-state index contributed by atoms with van der Waals surface area (Å²) in [5.74, 6) is 1.22. The van der Waals surface area contributed by atoms with E-state index in [1.54, 1.807) is 6.92 Å². The van der Waals surface area contributed by atoms with Crippen LogP contribution in [-0.4, -0.2) is 34.4 Å². The predicted octanol–water partition coefficient (Wildman–Crippen LogP) is 3.57. The zero-order valence-corrected chi connectivity index (χ0v) is 15.0. The normalized spacial score (nSPS) is 10.8. The Morgan fingerprint density at radius 1 is 1.00 bits per heavy atom. The molecule has 0 radical (unpaired) electrons. The first-order chi connectivity index (χ1) is 11.9. The summed E-state index contributed by atoms with van der Waals surface area (Å²) in [6, 6.07) is 8.11. The van der Waals surface area contributed by atoms with Crippen LogP contribution in [0, 0.1) is 20.8 Å². The van der Waals surface area contributed by atoms with Gasteiger partial charge in [0.1, 0.15) is 11.6 Å². The van der Waals surface area contributed by atoms with E-state index < -0.39 is 0 Å². The molecule has 7 nitrogen and oxygen atoms in total. The molecule has 0 saturated carbocycles. The van der Waals surface area contributed by atoms with Gasteiger partial charge in [0.15, 0.2) is 0 Å². The van der Waals surface area contributed by atoms with Crippen LogP contribution >= 0.6 is 0 Å². The Labute approximate surface area is 146 Å². The number of nitrogens with one attached hydrogen (secondary N) is 1. The van der Waals surface area contributed by atoms with E-state index in [1.807, 2.05) is 57.1 Å². The van der Waals surface area contributed by atoms with Crippen molar-refractivity contribution in [3.8, 4) is 17.2 Å². The Morgan fingerprint density at radius 2 is 1.68 bits per heavy atom. The van der Waals surface area contributed by atoms with Gasteiger partial charge in [0.25, 0.3) is 0 Å². The lowest BCUT2D eigenvalue weighted by Gasteiger charge is -2.12. The molecule has 0 aliphatic carbocycles. The second kappa shape index (κ2) is 6.43. The summed E-state index contributed by atoms with van der Waals surface area (Å²) in [7, 11) is 3.97. The fourth-order valence-electron chi connectivity index (χ4n) is 2.45. The van der Waals surface area contributed by atoms with E-state index in [0.717, 1.165) is 22.4 Å². The molecule has 7 heteroatoms. The van der Waals surface area contributed by atoms with E-state index in [9.17, 15) is 5.11 Å². The number of rotatable bonds is 4. The van der Waals surface area contributed by atoms with E-state index in [4.69, 9.17) is 4.42 Å². The van der Waals surface area contributed by atoms with Crippen molar-refractivity contribution in [2.45, 2.75) is 20.8 Å². The first-order valence-electron chi connectivity index (χ1n) is 7.92. The third-order valence-corrected chi connectivity index (χ3v) is 4.18. The van der Waals surface area contributed by atoms with Gasteiger partial charge in [0.05, 0.1) is 5.69 Å². The van der Waals surface area contributed by atoms with Crippen molar-refractivity contribution in [3.05, 3.63) is 41.1 Å². The van der Waals surface area contributed by atoms with Crippen LogP contribution in [0.4, 0.5) is 17.5 Å². The molecule has 0 amide bonds. The SMILES string of the molecule is Cc1nc(Nc2nnc(-c3ccc(N(C)C)cc3)o2)c(C)c(C)c1O. The number of hydrogen-bond acceptors (Lipinski definition) is 7. The Morgan fingerprint density at radius 3 is 2.32 bits per heavy atom. The van der Waals surface area contributed by atoms with Crippen LogP contribution in [0.3, 0.4) is 0 Å². The summed E-state index contributed by atoms with van der Waals surface area (Å²) in [6.45, 7) is 5.47. The Balaban J connectivity index is 1.85. The molecule has 0 aliphatic heterocycles. The number of aromatic hydroxyl groups is 1. The highest BCUT2D eigenvalue weighted by Crippen LogP contribution is 2.30. The van der Waals surface area contributed by atoms with Crippen LogP contribution in [0.15, 0.2) is 28.7 Å². The lowest BCUT2D eigenvalue weighted by molar-refractivity contribution is 0.463. The summed E-state index contributed by atoms with van der Waals surface area (Å²) in [4.78, 5) is 6.37. The largest absolute Gasteiger partial charge is 0.506 e. The zero-order valence-electron chi connectivity index (χ0n) is 15.0. The minimum atomic E-state index is 0.204. The lowest BCUT2D eigenvalue weighted by Crippen LogP contribution is -2.07. The van der Waals surface area contributed by atoms with Gasteiger partial charge in [-0.3, -0.25) is 5.32 Å². The maximum Gasteiger partial charge on any atom is 0.321 e. The minimum Gasteiger partial charge on any atom is -0.506 e. The number of anilines is 3. The molecule has 0 aliphatic rings. The van der Waals surface area contributed by atoms with Gasteiger partial charge in [0.2, 0.25) is 5.89 Å². The molecule has 0 unspecified atom stereocenters. The maximum absolute atomic E-state index is 9.95. The molecule has 2 aromatic heterocycles. The predicted molar refractivity (Wildman–Crippen MR) is 97.5 cm³/mol. The van der Waals surface area contributed by atoms with E-state index in [1.165, 1.54) is 0 Å². The molecule has 3 rings (SSSR count). The molecule has 0 saturated heterocycles. The number of benzene rings is 1. The van der Waals surface area contributed by atoms with Crippen LogP contribution in [0.5, 0.6) is 5.75 Å². The van der Waals surface area contributed by atoms with Crippen molar-refractivity contribution in [3.63, 3.8) is 0 Å². The molecule has 2 heterocycles. The second-order valence-corrected chi connectivity index (χ2v) is 6.12. The van der Waals surface area contributed by atoms with Crippen molar-refractivity contribution in [2.24, 2.45) is 0 Å². The van der Waals surface area contributed by atoms with Gasteiger partial charge in [-0.15, -0.1) is 5.10 Å². The van der Waals surface area contributed by atoms with Crippen LogP contribution < -0.4 is 10.2 Å². The van der Waals surface area contributed by atoms with Crippen LogP contribution in [0.25, 0.3) is 11.5 Å². The highest BCUT2D eigenvalue weighted by Gasteiger charge is 2.14. The van der Waals surface area contributed by atoms with Crippen LogP contribution in [0.2, 0.25) is 0 Å². The van der Waals surface area contributed by atoms with Crippen molar-refractivity contribution >= 4 is 17.5 Å². The smallest absolute Gasteiger partial charge is 0.321 e. The molecular weight excluding hydrogens is 318 g/mol. The van der Waals surface area contributed by atoms with Crippen LogP contribution in [-0.2, 0) is 0 Å². The summed E-state index contributed by atoms with van der Waals surface area (Å²) < 4.78 is 5.69. The van der Waals surface area contributed by atoms with Crippen molar-refractivity contribution in [2.75, 3.05) is 24.3 Å². The first kappa shape index (κ1) is 16.8. The average Bonchev–Trinajstić information content (AvgIpc) is 3.06. The highest BCUT2D eigenvalue weighted by molar-refractivity contribution is 5.61. The third kappa shape index (κ3) is 3.26. The molecule has 0 bridgehead atoms. The van der Waals surface area contributed by atoms with Gasteiger partial charge in [-0.05, 0) is 56.2 Å². The number of nitrogens with zero attached hydrogens (tertiary/aromatic N) is 4. The number of hydrogen-bond donors (Lipinski definition) is 2. The van der Waals surface area contributed by atoms with Crippen molar-refractivity contribution in [1.82, 2.24) is 15.2 Å². The molecule has 0 atom stereocenters. The summed E-state index contributed by atoms with van der Waals surface area (Å²) in [5.41, 5.74) is 4.09. The topological polar surface area (TPSA) is 87.3 Å². The van der Waals surface area contributed by atoms with Gasteiger partial charge in [-0.1, -0.05) is 5.10 Å². The fourth-order valence-corrected chi connectivity index (χ4v) is 2.45. The third-order valence-electron chi connectivity index (χ3n) is 4.18. The molecule has 3 aromatic rings. The molecule has 0 fully saturated rings. The Hall–Kier alpha value is -3.09. The molecular formula is C18H21N5O2. The Bertz CT molecular complexity index is 901. The molecule has 25 heavy (non-hydrogen) atoms. The highest BCUT2D eigenvalue weighted by atomic mass is 16.4. The number of aryl methyl sites for hydroxylation is 1. The average molecular weight is 339 g/mol. The first-order valence-corrected chi connectivity index (χ1v) is 7.92. The molecule has 1 aromatic carbocycles.